The molecular formula is C7H10N2OSi. The predicted molar refractivity (Wildman–Crippen MR) is 47.7 cm³/mol. The highest BCUT2D eigenvalue weighted by Gasteiger charge is 1.99. The molecule has 0 aliphatic heterocycles. The summed E-state index contributed by atoms with van der Waals surface area (Å²) >= 11 is 0. The summed E-state index contributed by atoms with van der Waals surface area (Å²) in [6, 6.07) is 7.39. The number of nitrogen functional groups attached to an aromatic ring is 1. The molecule has 0 heterocycles. The number of rotatable bonds is 1. The average molecular weight is 166 g/mol. The van der Waals surface area contributed by atoms with Crippen LogP contribution in [0.4, 0.5) is 0 Å². The smallest absolute Gasteiger partial charge is 0.265 e. The van der Waals surface area contributed by atoms with Crippen LogP contribution in [0.5, 0.6) is 0 Å². The van der Waals surface area contributed by atoms with E-state index in [-0.39, 0.29) is 5.91 Å². The van der Waals surface area contributed by atoms with E-state index in [9.17, 15) is 4.79 Å². The fourth-order valence-corrected chi connectivity index (χ4v) is 1.12. The van der Waals surface area contributed by atoms with Crippen molar-refractivity contribution >= 4 is 21.3 Å². The standard InChI is InChI=1S/C7H10N2OSi/c8-9-7(10)5-1-3-6(11)4-2-5/h1-4H,8H2,11H3,(H,9,10). The molecule has 0 spiro atoms. The van der Waals surface area contributed by atoms with Crippen LogP contribution in [0, 0.1) is 0 Å². The number of benzene rings is 1. The van der Waals surface area contributed by atoms with E-state index in [4.69, 9.17) is 5.84 Å². The Hall–Kier alpha value is -1.13. The van der Waals surface area contributed by atoms with Crippen LogP contribution < -0.4 is 16.5 Å². The molecule has 11 heavy (non-hydrogen) atoms. The molecular weight excluding hydrogens is 156 g/mol. The van der Waals surface area contributed by atoms with Crippen LogP contribution in [0.1, 0.15) is 10.4 Å². The van der Waals surface area contributed by atoms with Gasteiger partial charge in [0.15, 0.2) is 0 Å². The quantitative estimate of drug-likeness (QED) is 0.226. The lowest BCUT2D eigenvalue weighted by molar-refractivity contribution is 0.0953. The minimum atomic E-state index is -0.244. The molecule has 3 N–H and O–H groups in total. The van der Waals surface area contributed by atoms with Crippen molar-refractivity contribution in [2.24, 2.45) is 5.84 Å². The zero-order chi connectivity index (χ0) is 8.27. The van der Waals surface area contributed by atoms with Crippen molar-refractivity contribution in [1.29, 1.82) is 0 Å². The van der Waals surface area contributed by atoms with Crippen molar-refractivity contribution in [3.63, 3.8) is 0 Å². The molecule has 1 aromatic carbocycles. The van der Waals surface area contributed by atoms with Crippen LogP contribution in [0.15, 0.2) is 24.3 Å². The molecule has 0 radical (unpaired) electrons. The number of amides is 1. The topological polar surface area (TPSA) is 55.1 Å². The van der Waals surface area contributed by atoms with E-state index < -0.39 is 0 Å². The molecule has 0 bridgehead atoms. The maximum absolute atomic E-state index is 10.9. The van der Waals surface area contributed by atoms with Crippen molar-refractivity contribution in [2.75, 3.05) is 0 Å². The van der Waals surface area contributed by atoms with Crippen LogP contribution in [0.3, 0.4) is 0 Å². The summed E-state index contributed by atoms with van der Waals surface area (Å²) in [6.07, 6.45) is 0. The number of carbonyl (C=O) groups excluding carboxylic acids is 1. The Morgan fingerprint density at radius 3 is 2.36 bits per heavy atom. The van der Waals surface area contributed by atoms with Crippen molar-refractivity contribution in [3.05, 3.63) is 29.8 Å². The summed E-state index contributed by atoms with van der Waals surface area (Å²) in [6.45, 7) is 0. The van der Waals surface area contributed by atoms with Gasteiger partial charge in [0.2, 0.25) is 0 Å². The fraction of sp³-hybridized carbons (Fsp3) is 0. The highest BCUT2D eigenvalue weighted by Crippen LogP contribution is 1.94. The maximum atomic E-state index is 10.9. The molecule has 0 aliphatic rings. The van der Waals surface area contributed by atoms with Gasteiger partial charge in [0, 0.05) is 15.8 Å². The number of hydrogen-bond acceptors (Lipinski definition) is 2. The van der Waals surface area contributed by atoms with E-state index in [1.807, 2.05) is 12.1 Å². The summed E-state index contributed by atoms with van der Waals surface area (Å²) in [5.74, 6) is 4.71. The summed E-state index contributed by atoms with van der Waals surface area (Å²) < 4.78 is 0. The number of hydrazine groups is 1. The number of carbonyl (C=O) groups is 1. The molecule has 0 atom stereocenters. The molecule has 58 valence electrons. The first-order chi connectivity index (χ1) is 5.24. The van der Waals surface area contributed by atoms with Crippen LogP contribution in [-0.2, 0) is 0 Å². The third-order valence-electron chi connectivity index (χ3n) is 1.44. The maximum Gasteiger partial charge on any atom is 0.265 e. The van der Waals surface area contributed by atoms with E-state index >= 15 is 0 Å². The van der Waals surface area contributed by atoms with Gasteiger partial charge in [-0.2, -0.15) is 0 Å². The Kier molecular flexibility index (Phi) is 2.40. The Balaban J connectivity index is 2.90. The van der Waals surface area contributed by atoms with Gasteiger partial charge in [0.1, 0.15) is 0 Å². The van der Waals surface area contributed by atoms with E-state index in [0.29, 0.717) is 5.56 Å². The van der Waals surface area contributed by atoms with Crippen LogP contribution in [0.2, 0.25) is 0 Å². The van der Waals surface area contributed by atoms with Crippen molar-refractivity contribution in [1.82, 2.24) is 5.43 Å². The second-order valence-corrected chi connectivity index (χ2v) is 3.49. The van der Waals surface area contributed by atoms with Crippen LogP contribution >= 0.6 is 0 Å². The monoisotopic (exact) mass is 166 g/mol. The zero-order valence-electron chi connectivity index (χ0n) is 6.29. The number of nitrogens with one attached hydrogen (secondary N) is 1. The first-order valence-corrected chi connectivity index (χ1v) is 4.31. The van der Waals surface area contributed by atoms with Gasteiger partial charge >= 0.3 is 0 Å². The van der Waals surface area contributed by atoms with E-state index in [1.54, 1.807) is 12.1 Å². The van der Waals surface area contributed by atoms with E-state index in [1.165, 1.54) is 5.19 Å². The lowest BCUT2D eigenvalue weighted by Crippen LogP contribution is -2.30. The summed E-state index contributed by atoms with van der Waals surface area (Å²) in [4.78, 5) is 10.9. The second-order valence-electron chi connectivity index (χ2n) is 2.34. The molecule has 3 nitrogen and oxygen atoms in total. The number of hydrogen-bond donors (Lipinski definition) is 2. The molecule has 0 aliphatic carbocycles. The van der Waals surface area contributed by atoms with Gasteiger partial charge in [0.05, 0.1) is 0 Å². The Morgan fingerprint density at radius 1 is 1.36 bits per heavy atom. The first-order valence-electron chi connectivity index (χ1n) is 3.31. The van der Waals surface area contributed by atoms with Gasteiger partial charge in [-0.1, -0.05) is 17.3 Å². The van der Waals surface area contributed by atoms with Gasteiger partial charge in [-0.3, -0.25) is 10.2 Å². The minimum Gasteiger partial charge on any atom is -0.290 e. The average Bonchev–Trinajstić information content (AvgIpc) is 2.05. The summed E-state index contributed by atoms with van der Waals surface area (Å²) in [5, 5.41) is 1.26. The van der Waals surface area contributed by atoms with Crippen molar-refractivity contribution in [3.8, 4) is 0 Å². The molecule has 1 aromatic rings. The van der Waals surface area contributed by atoms with Crippen LogP contribution in [0.25, 0.3) is 0 Å². The largest absolute Gasteiger partial charge is 0.290 e. The first kappa shape index (κ1) is 7.97. The highest BCUT2D eigenvalue weighted by molar-refractivity contribution is 6.32. The third kappa shape index (κ3) is 1.89. The van der Waals surface area contributed by atoms with Gasteiger partial charge in [0.25, 0.3) is 5.91 Å². The minimum absolute atomic E-state index is 0.244. The van der Waals surface area contributed by atoms with E-state index in [0.717, 1.165) is 10.2 Å². The number of nitrogens with two attached hydrogens (primary N) is 1. The second kappa shape index (κ2) is 3.31. The third-order valence-corrected chi connectivity index (χ3v) is 2.11. The van der Waals surface area contributed by atoms with Gasteiger partial charge in [-0.25, -0.2) is 5.84 Å². The van der Waals surface area contributed by atoms with Gasteiger partial charge in [-0.05, 0) is 12.1 Å². The fourth-order valence-electron chi connectivity index (χ4n) is 0.788. The molecule has 0 saturated heterocycles. The predicted octanol–water partition coefficient (Wildman–Crippen LogP) is -1.72. The molecule has 0 saturated carbocycles. The zero-order valence-corrected chi connectivity index (χ0v) is 8.29. The Labute approximate surface area is 68.0 Å². The van der Waals surface area contributed by atoms with E-state index in [2.05, 4.69) is 5.43 Å². The molecule has 0 aromatic heterocycles. The summed E-state index contributed by atoms with van der Waals surface area (Å²) in [5.41, 5.74) is 2.68. The van der Waals surface area contributed by atoms with Crippen molar-refractivity contribution < 1.29 is 4.79 Å². The highest BCUT2D eigenvalue weighted by atomic mass is 28.1. The Bertz CT molecular complexity index is 258. The molecule has 0 fully saturated rings. The molecule has 1 amide bonds. The van der Waals surface area contributed by atoms with Gasteiger partial charge in [-0.15, -0.1) is 0 Å². The van der Waals surface area contributed by atoms with Crippen LogP contribution in [-0.4, -0.2) is 16.1 Å². The lowest BCUT2D eigenvalue weighted by Gasteiger charge is -1.98. The van der Waals surface area contributed by atoms with Gasteiger partial charge < -0.3 is 0 Å². The molecule has 1 rings (SSSR count). The lowest BCUT2D eigenvalue weighted by atomic mass is 10.2. The molecule has 0 unspecified atom stereocenters. The Morgan fingerprint density at radius 2 is 1.91 bits per heavy atom. The SMILES string of the molecule is NNC(=O)c1ccc([SiH3])cc1. The van der Waals surface area contributed by atoms with Crippen molar-refractivity contribution in [2.45, 2.75) is 0 Å². The molecule has 4 heteroatoms. The normalized spacial score (nSPS) is 9.55. The summed E-state index contributed by atoms with van der Waals surface area (Å²) in [7, 11) is 1.01.